The molecule has 0 saturated carbocycles. The van der Waals surface area contributed by atoms with Gasteiger partial charge in [0.15, 0.2) is 0 Å². The van der Waals surface area contributed by atoms with E-state index in [0.717, 1.165) is 21.0 Å². The lowest BCUT2D eigenvalue weighted by atomic mass is 10.0. The third-order valence-electron chi connectivity index (χ3n) is 2.51. The van der Waals surface area contributed by atoms with Crippen LogP contribution in [0.3, 0.4) is 0 Å². The highest BCUT2D eigenvalue weighted by molar-refractivity contribution is 9.10. The second kappa shape index (κ2) is 3.71. The third-order valence-corrected chi connectivity index (χ3v) is 3.53. The van der Waals surface area contributed by atoms with E-state index >= 15 is 0 Å². The van der Waals surface area contributed by atoms with E-state index in [1.807, 2.05) is 25.1 Å². The fraction of sp³-hybridized carbons (Fsp3) is 0.167. The van der Waals surface area contributed by atoms with E-state index in [4.69, 9.17) is 0 Å². The Bertz CT molecular complexity index is 477. The van der Waals surface area contributed by atoms with E-state index in [1.54, 1.807) is 0 Å². The molecule has 72 valence electrons. The smallest absolute Gasteiger partial charge is 0.0685 e. The number of rotatable bonds is 1. The minimum absolute atomic E-state index is 0.0925. The summed E-state index contributed by atoms with van der Waals surface area (Å²) in [6, 6.07) is 10.2. The summed E-state index contributed by atoms with van der Waals surface area (Å²) >= 11 is 3.56. The number of hydrogen-bond donors (Lipinski definition) is 1. The highest BCUT2D eigenvalue weighted by Crippen LogP contribution is 2.29. The lowest BCUT2D eigenvalue weighted by Crippen LogP contribution is -1.90. The van der Waals surface area contributed by atoms with E-state index in [1.165, 1.54) is 5.39 Å². The Morgan fingerprint density at radius 2 is 2.00 bits per heavy atom. The summed E-state index contributed by atoms with van der Waals surface area (Å²) in [4.78, 5) is 0. The second-order valence-electron chi connectivity index (χ2n) is 3.35. The first-order valence-corrected chi connectivity index (χ1v) is 5.31. The van der Waals surface area contributed by atoms with Gasteiger partial charge >= 0.3 is 0 Å². The van der Waals surface area contributed by atoms with E-state index in [9.17, 15) is 5.11 Å². The Morgan fingerprint density at radius 3 is 2.71 bits per heavy atom. The molecule has 0 unspecified atom stereocenters. The zero-order valence-corrected chi connectivity index (χ0v) is 9.51. The van der Waals surface area contributed by atoms with Crippen molar-refractivity contribution in [3.05, 3.63) is 45.9 Å². The Labute approximate surface area is 91.5 Å². The van der Waals surface area contributed by atoms with Crippen LogP contribution in [0, 0.1) is 6.92 Å². The summed E-state index contributed by atoms with van der Waals surface area (Å²) in [7, 11) is 0. The highest BCUT2D eigenvalue weighted by Gasteiger charge is 2.06. The van der Waals surface area contributed by atoms with Crippen LogP contribution in [-0.4, -0.2) is 5.11 Å². The van der Waals surface area contributed by atoms with Crippen molar-refractivity contribution in [2.75, 3.05) is 0 Å². The van der Waals surface area contributed by atoms with Gasteiger partial charge < -0.3 is 5.11 Å². The van der Waals surface area contributed by atoms with Gasteiger partial charge in [-0.3, -0.25) is 0 Å². The zero-order chi connectivity index (χ0) is 10.1. The molecule has 0 aromatic heterocycles. The quantitative estimate of drug-likeness (QED) is 0.823. The predicted molar refractivity (Wildman–Crippen MR) is 62.3 cm³/mol. The Hall–Kier alpha value is -0.860. The SMILES string of the molecule is Cc1c(CO)cc2ccccc2c1Br. The monoisotopic (exact) mass is 250 g/mol. The standard InChI is InChI=1S/C12H11BrO/c1-8-10(7-14)6-9-4-2-3-5-11(9)12(8)13/h2-6,14H,7H2,1H3. The number of hydrogen-bond acceptors (Lipinski definition) is 1. The minimum atomic E-state index is 0.0925. The van der Waals surface area contributed by atoms with Crippen LogP contribution in [0.25, 0.3) is 10.8 Å². The number of aliphatic hydroxyl groups is 1. The average Bonchev–Trinajstić information content (AvgIpc) is 2.23. The maximum atomic E-state index is 9.18. The first-order chi connectivity index (χ1) is 6.74. The van der Waals surface area contributed by atoms with Gasteiger partial charge in [0.25, 0.3) is 0 Å². The summed E-state index contributed by atoms with van der Waals surface area (Å²) in [5, 5.41) is 11.5. The number of benzene rings is 2. The maximum absolute atomic E-state index is 9.18. The van der Waals surface area contributed by atoms with E-state index in [-0.39, 0.29) is 6.61 Å². The highest BCUT2D eigenvalue weighted by atomic mass is 79.9. The summed E-state index contributed by atoms with van der Waals surface area (Å²) < 4.78 is 1.08. The molecule has 0 bridgehead atoms. The topological polar surface area (TPSA) is 20.2 Å². The fourth-order valence-corrected chi connectivity index (χ4v) is 2.24. The van der Waals surface area contributed by atoms with Crippen LogP contribution in [0.5, 0.6) is 0 Å². The third kappa shape index (κ3) is 1.45. The van der Waals surface area contributed by atoms with Crippen LogP contribution >= 0.6 is 15.9 Å². The molecule has 2 aromatic rings. The summed E-state index contributed by atoms with van der Waals surface area (Å²) in [6.07, 6.45) is 0. The van der Waals surface area contributed by atoms with Crippen LogP contribution in [0.4, 0.5) is 0 Å². The van der Waals surface area contributed by atoms with Gasteiger partial charge in [-0.2, -0.15) is 0 Å². The molecule has 1 N–H and O–H groups in total. The van der Waals surface area contributed by atoms with Gasteiger partial charge in [-0.25, -0.2) is 0 Å². The van der Waals surface area contributed by atoms with Crippen LogP contribution in [0.2, 0.25) is 0 Å². The van der Waals surface area contributed by atoms with Gasteiger partial charge in [0, 0.05) is 4.47 Å². The van der Waals surface area contributed by atoms with Gasteiger partial charge in [-0.1, -0.05) is 24.3 Å². The summed E-state index contributed by atoms with van der Waals surface area (Å²) in [6.45, 7) is 2.11. The molecule has 0 aliphatic carbocycles. The molecule has 2 rings (SSSR count). The van der Waals surface area contributed by atoms with Crippen molar-refractivity contribution < 1.29 is 5.11 Å². The van der Waals surface area contributed by atoms with Crippen LogP contribution in [0.15, 0.2) is 34.8 Å². The molecule has 0 fully saturated rings. The van der Waals surface area contributed by atoms with Crippen LogP contribution in [-0.2, 0) is 6.61 Å². The summed E-state index contributed by atoms with van der Waals surface area (Å²) in [5.41, 5.74) is 2.10. The molecule has 0 radical (unpaired) electrons. The number of halogens is 1. The van der Waals surface area contributed by atoms with Crippen molar-refractivity contribution in [3.8, 4) is 0 Å². The molecule has 0 amide bonds. The van der Waals surface area contributed by atoms with Gasteiger partial charge in [-0.15, -0.1) is 0 Å². The molecular formula is C12H11BrO. The van der Waals surface area contributed by atoms with Crippen molar-refractivity contribution in [1.82, 2.24) is 0 Å². The number of fused-ring (bicyclic) bond motifs is 1. The molecule has 0 atom stereocenters. The molecule has 14 heavy (non-hydrogen) atoms. The van der Waals surface area contributed by atoms with Crippen molar-refractivity contribution in [2.45, 2.75) is 13.5 Å². The normalized spacial score (nSPS) is 10.8. The first kappa shape index (κ1) is 9.69. The largest absolute Gasteiger partial charge is 0.392 e. The van der Waals surface area contributed by atoms with E-state index < -0.39 is 0 Å². The van der Waals surface area contributed by atoms with Crippen molar-refractivity contribution >= 4 is 26.7 Å². The summed E-state index contributed by atoms with van der Waals surface area (Å²) in [5.74, 6) is 0. The molecule has 0 saturated heterocycles. The average molecular weight is 251 g/mol. The second-order valence-corrected chi connectivity index (χ2v) is 4.15. The lowest BCUT2D eigenvalue weighted by molar-refractivity contribution is 0.281. The van der Waals surface area contributed by atoms with Crippen molar-refractivity contribution in [1.29, 1.82) is 0 Å². The fourth-order valence-electron chi connectivity index (χ4n) is 1.63. The van der Waals surface area contributed by atoms with Gasteiger partial charge in [0.05, 0.1) is 6.61 Å². The van der Waals surface area contributed by atoms with E-state index in [2.05, 4.69) is 28.1 Å². The van der Waals surface area contributed by atoms with Crippen molar-refractivity contribution in [2.24, 2.45) is 0 Å². The molecule has 2 aromatic carbocycles. The Balaban J connectivity index is 2.85. The lowest BCUT2D eigenvalue weighted by Gasteiger charge is -2.08. The maximum Gasteiger partial charge on any atom is 0.0685 e. The molecule has 0 aliphatic rings. The van der Waals surface area contributed by atoms with Gasteiger partial charge in [0.1, 0.15) is 0 Å². The first-order valence-electron chi connectivity index (χ1n) is 4.51. The molecular weight excluding hydrogens is 240 g/mol. The predicted octanol–water partition coefficient (Wildman–Crippen LogP) is 3.40. The van der Waals surface area contributed by atoms with Crippen LogP contribution < -0.4 is 0 Å². The molecule has 0 heterocycles. The Morgan fingerprint density at radius 1 is 1.29 bits per heavy atom. The zero-order valence-electron chi connectivity index (χ0n) is 7.92. The van der Waals surface area contributed by atoms with Crippen molar-refractivity contribution in [3.63, 3.8) is 0 Å². The minimum Gasteiger partial charge on any atom is -0.392 e. The number of aliphatic hydroxyl groups excluding tert-OH is 1. The van der Waals surface area contributed by atoms with Gasteiger partial charge in [-0.05, 0) is 50.8 Å². The molecule has 0 spiro atoms. The molecule has 0 aliphatic heterocycles. The molecule has 2 heteroatoms. The van der Waals surface area contributed by atoms with Gasteiger partial charge in [0.2, 0.25) is 0 Å². The molecule has 1 nitrogen and oxygen atoms in total. The van der Waals surface area contributed by atoms with Crippen LogP contribution in [0.1, 0.15) is 11.1 Å². The van der Waals surface area contributed by atoms with E-state index in [0.29, 0.717) is 0 Å². The Kier molecular flexibility index (Phi) is 2.57.